The van der Waals surface area contributed by atoms with Crippen LogP contribution in [-0.4, -0.2) is 88.1 Å². The molecule has 2 rings (SSSR count). The Balaban J connectivity index is 0.00000684. The summed E-state index contributed by atoms with van der Waals surface area (Å²) in [6.07, 6.45) is -2.29. The Bertz CT molecular complexity index is 855. The summed E-state index contributed by atoms with van der Waals surface area (Å²) in [5.41, 5.74) is -2.18. The van der Waals surface area contributed by atoms with Crippen LogP contribution in [0.15, 0.2) is 12.7 Å². The summed E-state index contributed by atoms with van der Waals surface area (Å²) >= 11 is 0. The summed E-state index contributed by atoms with van der Waals surface area (Å²) in [5.74, 6) is -3.27. The van der Waals surface area contributed by atoms with E-state index in [0.717, 1.165) is 0 Å². The number of rotatable bonds is 8. The summed E-state index contributed by atoms with van der Waals surface area (Å²) < 4.78 is 5.49. The molecule has 0 spiro atoms. The van der Waals surface area contributed by atoms with Gasteiger partial charge in [-0.25, -0.2) is 9.59 Å². The molecule has 38 heavy (non-hydrogen) atoms. The predicted molar refractivity (Wildman–Crippen MR) is 143 cm³/mol. The van der Waals surface area contributed by atoms with E-state index < -0.39 is 64.4 Å². The lowest BCUT2D eigenvalue weighted by molar-refractivity contribution is -0.291. The van der Waals surface area contributed by atoms with E-state index in [9.17, 15) is 29.7 Å². The van der Waals surface area contributed by atoms with Crippen LogP contribution in [0.25, 0.3) is 0 Å². The molecular weight excluding hydrogens is 520 g/mol. The van der Waals surface area contributed by atoms with Crippen molar-refractivity contribution in [3.63, 3.8) is 0 Å². The zero-order valence-corrected chi connectivity index (χ0v) is 24.3. The molecule has 6 N–H and O–H groups in total. The molecule has 11 nitrogen and oxygen atoms in total. The Hall–Kier alpha value is -1.76. The van der Waals surface area contributed by atoms with Gasteiger partial charge in [0.1, 0.15) is 11.7 Å². The molecule has 0 saturated heterocycles. The molecule has 2 saturated carbocycles. The number of aliphatic hydroxyl groups excluding tert-OH is 2. The predicted octanol–water partition coefficient (Wildman–Crippen LogP) is 1.41. The number of halogens is 1. The van der Waals surface area contributed by atoms with Crippen molar-refractivity contribution < 1.29 is 44.8 Å². The minimum Gasteiger partial charge on any atom is -0.441 e. The molecule has 2 fully saturated rings. The van der Waals surface area contributed by atoms with Gasteiger partial charge in [-0.3, -0.25) is 4.79 Å². The number of aliphatic hydroxyl groups is 3. The topological polar surface area (TPSA) is 177 Å². The second kappa shape index (κ2) is 13.5. The van der Waals surface area contributed by atoms with Crippen molar-refractivity contribution in [2.45, 2.75) is 84.2 Å². The highest BCUT2D eigenvalue weighted by molar-refractivity contribution is 5.89. The van der Waals surface area contributed by atoms with Gasteiger partial charge in [0.15, 0.2) is 5.78 Å². The minimum absolute atomic E-state index is 0. The fraction of sp³-hybridized carbons (Fsp3) is 0.808. The van der Waals surface area contributed by atoms with Crippen LogP contribution in [0.4, 0.5) is 4.79 Å². The molecule has 2 aliphatic carbocycles. The quantitative estimate of drug-likeness (QED) is 0.250. The number of carbonyl (C=O) groups excluding carboxylic acids is 3. The molecule has 0 aromatic carbocycles. The first-order valence-electron chi connectivity index (χ1n) is 12.6. The number of hydrogen-bond donors (Lipinski definition) is 4. The van der Waals surface area contributed by atoms with Crippen molar-refractivity contribution in [3.8, 4) is 0 Å². The SMILES string of the molecule is C=C[C@@H](C)CC(=O)[C@@]1(O)[C@@H](C)[C@@H](OC(=O)NOC(=O)CCN(C)C)[C@@H](O)[C@H]2C(C)(C)CC[C@H](O)[C@@]21C.Cl.O. The maximum absolute atomic E-state index is 13.7. The number of Topliss-reactive ketones (excluding diaryl/α,β-unsaturated/α-hetero) is 1. The minimum atomic E-state index is -2.11. The van der Waals surface area contributed by atoms with Crippen molar-refractivity contribution in [1.29, 1.82) is 0 Å². The summed E-state index contributed by atoms with van der Waals surface area (Å²) in [5, 5.41) is 34.9. The Morgan fingerprint density at radius 2 is 1.79 bits per heavy atom. The van der Waals surface area contributed by atoms with Gasteiger partial charge in [0.2, 0.25) is 0 Å². The molecule has 8 atom stereocenters. The third-order valence-corrected chi connectivity index (χ3v) is 8.48. The number of allylic oxidation sites excluding steroid dienone is 1. The van der Waals surface area contributed by atoms with Crippen LogP contribution in [0.2, 0.25) is 0 Å². The van der Waals surface area contributed by atoms with E-state index in [-0.39, 0.29) is 36.6 Å². The third-order valence-electron chi connectivity index (χ3n) is 8.48. The van der Waals surface area contributed by atoms with E-state index >= 15 is 0 Å². The van der Waals surface area contributed by atoms with Gasteiger partial charge < -0.3 is 35.3 Å². The van der Waals surface area contributed by atoms with E-state index in [1.165, 1.54) is 6.92 Å². The smallest absolute Gasteiger partial charge is 0.441 e. The van der Waals surface area contributed by atoms with Crippen LogP contribution in [-0.2, 0) is 19.2 Å². The number of ether oxygens (including phenoxy) is 1. The highest BCUT2D eigenvalue weighted by Gasteiger charge is 2.73. The number of ketones is 1. The normalized spacial score (nSPS) is 34.4. The van der Waals surface area contributed by atoms with Gasteiger partial charge >= 0.3 is 12.1 Å². The summed E-state index contributed by atoms with van der Waals surface area (Å²) in [7, 11) is 3.58. The van der Waals surface area contributed by atoms with Gasteiger partial charge in [0.25, 0.3) is 0 Å². The molecule has 0 unspecified atom stereocenters. The number of fused-ring (bicyclic) bond motifs is 1. The van der Waals surface area contributed by atoms with E-state index in [0.29, 0.717) is 19.4 Å². The number of nitrogens with one attached hydrogen (secondary N) is 1. The Morgan fingerprint density at radius 1 is 1.21 bits per heavy atom. The standard InChI is InChI=1S/C26H44N2O8.ClH.H2O/c1-9-15(2)14-18(30)26(34)16(3)21(35-23(33)27-36-19(31)11-13-28(7)8)20(32)22-24(4,5)12-10-17(29)25(22,26)6;;/h9,15-17,20-22,29,32,34H,1,10-14H2,2-8H3,(H,27,33);1H;1H2/t15-,16+,17+,20-,21-,22+,25+,26+;;/m1../s1. The summed E-state index contributed by atoms with van der Waals surface area (Å²) in [6.45, 7) is 12.9. The largest absolute Gasteiger partial charge is 0.441 e. The first-order chi connectivity index (χ1) is 16.5. The van der Waals surface area contributed by atoms with Gasteiger partial charge in [-0.2, -0.15) is 0 Å². The first kappa shape index (κ1) is 36.2. The molecule has 1 amide bonds. The van der Waals surface area contributed by atoms with Crippen LogP contribution in [0.1, 0.15) is 60.3 Å². The second-order valence-corrected chi connectivity index (χ2v) is 11.7. The first-order valence-corrected chi connectivity index (χ1v) is 12.6. The van der Waals surface area contributed by atoms with Crippen molar-refractivity contribution in [2.75, 3.05) is 20.6 Å². The van der Waals surface area contributed by atoms with Gasteiger partial charge in [0, 0.05) is 30.2 Å². The van der Waals surface area contributed by atoms with Gasteiger partial charge in [-0.05, 0) is 38.3 Å². The van der Waals surface area contributed by atoms with Gasteiger partial charge in [-0.15, -0.1) is 24.5 Å². The van der Waals surface area contributed by atoms with Gasteiger partial charge in [-0.1, -0.05) is 40.7 Å². The van der Waals surface area contributed by atoms with E-state index in [1.54, 1.807) is 38.9 Å². The Morgan fingerprint density at radius 3 is 2.32 bits per heavy atom. The lowest BCUT2D eigenvalue weighted by atomic mass is 9.41. The second-order valence-electron chi connectivity index (χ2n) is 11.7. The fourth-order valence-electron chi connectivity index (χ4n) is 6.37. The van der Waals surface area contributed by atoms with Crippen LogP contribution < -0.4 is 5.48 Å². The number of nitrogens with zero attached hydrogens (tertiary/aromatic N) is 1. The molecule has 0 aromatic rings. The van der Waals surface area contributed by atoms with Crippen LogP contribution in [0, 0.1) is 28.6 Å². The van der Waals surface area contributed by atoms with Crippen molar-refractivity contribution in [1.82, 2.24) is 10.4 Å². The molecular formula is C26H47ClN2O9. The Labute approximate surface area is 231 Å². The molecule has 2 aliphatic rings. The fourth-order valence-corrected chi connectivity index (χ4v) is 6.37. The third kappa shape index (κ3) is 6.68. The molecule has 0 heterocycles. The zero-order chi connectivity index (χ0) is 27.6. The lowest BCUT2D eigenvalue weighted by Crippen LogP contribution is -2.77. The molecule has 222 valence electrons. The maximum Gasteiger partial charge on any atom is 0.441 e. The molecule has 12 heteroatoms. The summed E-state index contributed by atoms with van der Waals surface area (Å²) in [6, 6.07) is 0. The molecule has 0 aromatic heterocycles. The number of hydroxylamine groups is 1. The average Bonchev–Trinajstić information content (AvgIpc) is 2.79. The number of hydrogen-bond acceptors (Lipinski definition) is 9. The molecule has 0 bridgehead atoms. The van der Waals surface area contributed by atoms with Crippen molar-refractivity contribution in [2.24, 2.45) is 28.6 Å². The zero-order valence-electron chi connectivity index (χ0n) is 23.5. The van der Waals surface area contributed by atoms with Crippen LogP contribution >= 0.6 is 12.4 Å². The van der Waals surface area contributed by atoms with E-state index in [1.807, 2.05) is 19.3 Å². The highest BCUT2D eigenvalue weighted by atomic mass is 35.5. The van der Waals surface area contributed by atoms with Crippen molar-refractivity contribution in [3.05, 3.63) is 12.7 Å². The number of carbonyl (C=O) groups is 3. The highest BCUT2D eigenvalue weighted by Crippen LogP contribution is 2.63. The summed E-state index contributed by atoms with van der Waals surface area (Å²) in [4.78, 5) is 44.6. The molecule has 0 aliphatic heterocycles. The van der Waals surface area contributed by atoms with Crippen LogP contribution in [0.5, 0.6) is 0 Å². The average molecular weight is 567 g/mol. The molecule has 0 radical (unpaired) electrons. The van der Waals surface area contributed by atoms with E-state index in [4.69, 9.17) is 9.57 Å². The number of amides is 1. The van der Waals surface area contributed by atoms with Crippen molar-refractivity contribution >= 4 is 30.3 Å². The Kier molecular flexibility index (Phi) is 12.9. The van der Waals surface area contributed by atoms with Gasteiger partial charge in [0.05, 0.1) is 18.6 Å². The van der Waals surface area contributed by atoms with E-state index in [2.05, 4.69) is 6.58 Å². The van der Waals surface area contributed by atoms with Crippen LogP contribution in [0.3, 0.4) is 0 Å². The monoisotopic (exact) mass is 566 g/mol. The maximum atomic E-state index is 13.7. The lowest BCUT2D eigenvalue weighted by Gasteiger charge is -2.66.